The van der Waals surface area contributed by atoms with E-state index < -0.39 is 41.5 Å². The zero-order valence-corrected chi connectivity index (χ0v) is 23.8. The number of nitrogens with two attached hydrogens (primary N) is 1. The number of ether oxygens (including phenoxy) is 1. The summed E-state index contributed by atoms with van der Waals surface area (Å²) in [6.45, 7) is 10.4. The van der Waals surface area contributed by atoms with Gasteiger partial charge in [0.2, 0.25) is 5.91 Å². The van der Waals surface area contributed by atoms with Crippen molar-refractivity contribution in [2.24, 2.45) is 5.73 Å². The van der Waals surface area contributed by atoms with Gasteiger partial charge in [0.05, 0.1) is 10.7 Å². The van der Waals surface area contributed by atoms with Crippen molar-refractivity contribution in [3.05, 3.63) is 63.7 Å². The summed E-state index contributed by atoms with van der Waals surface area (Å²) >= 11 is 6.35. The van der Waals surface area contributed by atoms with Gasteiger partial charge < -0.3 is 21.1 Å². The smallest absolute Gasteiger partial charge is 0.408 e. The third-order valence-electron chi connectivity index (χ3n) is 5.84. The number of primary amides is 1. The Bertz CT molecular complexity index is 1260. The summed E-state index contributed by atoms with van der Waals surface area (Å²) < 4.78 is 5.29. The van der Waals surface area contributed by atoms with E-state index in [0.29, 0.717) is 33.0 Å². The van der Waals surface area contributed by atoms with Crippen LogP contribution in [0.15, 0.2) is 36.4 Å². The molecule has 2 atom stereocenters. The number of nitrogens with one attached hydrogen (secondary N) is 2. The maximum atomic E-state index is 13.9. The number of carbonyl (C=O) groups excluding carboxylic acids is 4. The van der Waals surface area contributed by atoms with Crippen molar-refractivity contribution in [1.29, 1.82) is 0 Å². The van der Waals surface area contributed by atoms with E-state index in [1.54, 1.807) is 71.9 Å². The maximum absolute atomic E-state index is 13.9. The highest BCUT2D eigenvalue weighted by molar-refractivity contribution is 6.34. The Balaban J connectivity index is 2.58. The van der Waals surface area contributed by atoms with Gasteiger partial charge in [-0.1, -0.05) is 48.4 Å². The molecule has 39 heavy (non-hydrogen) atoms. The fraction of sp³-hybridized carbons (Fsp3) is 0.379. The first-order valence-electron chi connectivity index (χ1n) is 12.4. The molecule has 4 N–H and O–H groups in total. The minimum Gasteiger partial charge on any atom is -0.444 e. The number of hydrogen-bond donors (Lipinski definition) is 3. The Kier molecular flexibility index (Phi) is 10.5. The van der Waals surface area contributed by atoms with E-state index >= 15 is 0 Å². The van der Waals surface area contributed by atoms with Gasteiger partial charge in [0.25, 0.3) is 11.8 Å². The Morgan fingerprint density at radius 3 is 2.13 bits per heavy atom. The van der Waals surface area contributed by atoms with Crippen LogP contribution in [0.2, 0.25) is 5.02 Å². The van der Waals surface area contributed by atoms with Gasteiger partial charge in [0.1, 0.15) is 17.7 Å². The number of hydrogen-bond acceptors (Lipinski definition) is 5. The van der Waals surface area contributed by atoms with Gasteiger partial charge in [-0.05, 0) is 76.3 Å². The molecule has 0 saturated carbocycles. The average Bonchev–Trinajstić information content (AvgIpc) is 2.81. The van der Waals surface area contributed by atoms with Crippen LogP contribution in [0.3, 0.4) is 0 Å². The van der Waals surface area contributed by atoms with E-state index in [2.05, 4.69) is 16.7 Å². The molecule has 0 spiro atoms. The normalized spacial score (nSPS) is 12.5. The van der Waals surface area contributed by atoms with E-state index in [1.165, 1.54) is 0 Å². The number of anilines is 1. The standard InChI is InChI=1S/C29H35ClN4O5/c1-8-34(27(37)21(15-16-22(31)35)32-28(38)39-29(5,6)7)25(23-17(2)11-9-12-18(23)3)26(36)33-24-19(4)13-10-14-20(24)30/h1,9-14,21,25H,15-16H2,2-7H3,(H2,31,35)(H,32,38)(H,33,36). The predicted octanol–water partition coefficient (Wildman–Crippen LogP) is 4.52. The molecule has 0 aliphatic rings. The molecule has 2 rings (SSSR count). The van der Waals surface area contributed by atoms with Crippen LogP contribution in [0.1, 0.15) is 61.9 Å². The molecular formula is C29H35ClN4O5. The summed E-state index contributed by atoms with van der Waals surface area (Å²) in [5.74, 6) is -2.08. The van der Waals surface area contributed by atoms with E-state index in [-0.39, 0.29) is 12.8 Å². The van der Waals surface area contributed by atoms with Crippen LogP contribution in [-0.2, 0) is 19.1 Å². The van der Waals surface area contributed by atoms with Crippen molar-refractivity contribution >= 4 is 41.1 Å². The highest BCUT2D eigenvalue weighted by Crippen LogP contribution is 2.32. The van der Waals surface area contributed by atoms with Crippen LogP contribution in [-0.4, -0.2) is 40.4 Å². The molecule has 9 nitrogen and oxygen atoms in total. The second-order valence-corrected chi connectivity index (χ2v) is 10.6. The minimum atomic E-state index is -1.30. The molecule has 4 amide bonds. The number of rotatable bonds is 9. The number of terminal acetylenes is 1. The van der Waals surface area contributed by atoms with E-state index in [0.717, 1.165) is 4.90 Å². The quantitative estimate of drug-likeness (QED) is 0.310. The molecule has 0 aliphatic heterocycles. The van der Waals surface area contributed by atoms with Gasteiger partial charge >= 0.3 is 6.09 Å². The number of aryl methyl sites for hydroxylation is 3. The number of benzene rings is 2. The molecular weight excluding hydrogens is 520 g/mol. The molecule has 0 saturated heterocycles. The first-order valence-corrected chi connectivity index (χ1v) is 12.7. The SMILES string of the molecule is C#CN(C(=O)C(CCC(N)=O)NC(=O)OC(C)(C)C)C(C(=O)Nc1c(C)cccc1Cl)c1c(C)cccc1C. The third kappa shape index (κ3) is 8.48. The van der Waals surface area contributed by atoms with Crippen molar-refractivity contribution in [2.45, 2.75) is 72.1 Å². The van der Waals surface area contributed by atoms with Crippen molar-refractivity contribution in [3.8, 4) is 12.5 Å². The molecule has 0 heterocycles. The molecule has 0 radical (unpaired) electrons. The molecule has 0 aromatic heterocycles. The fourth-order valence-electron chi connectivity index (χ4n) is 4.04. The van der Waals surface area contributed by atoms with Crippen LogP contribution in [0.5, 0.6) is 0 Å². The lowest BCUT2D eigenvalue weighted by Gasteiger charge is -2.32. The number of nitrogens with zero attached hydrogens (tertiary/aromatic N) is 1. The predicted molar refractivity (Wildman–Crippen MR) is 151 cm³/mol. The van der Waals surface area contributed by atoms with Crippen molar-refractivity contribution < 1.29 is 23.9 Å². The Morgan fingerprint density at radius 1 is 1.05 bits per heavy atom. The van der Waals surface area contributed by atoms with Crippen molar-refractivity contribution in [2.75, 3.05) is 5.32 Å². The van der Waals surface area contributed by atoms with Crippen LogP contribution in [0.4, 0.5) is 10.5 Å². The number of alkyl carbamates (subject to hydrolysis) is 1. The maximum Gasteiger partial charge on any atom is 0.408 e. The van der Waals surface area contributed by atoms with Gasteiger partial charge in [-0.25, -0.2) is 4.79 Å². The van der Waals surface area contributed by atoms with Gasteiger partial charge in [-0.2, -0.15) is 0 Å². The third-order valence-corrected chi connectivity index (χ3v) is 6.15. The van der Waals surface area contributed by atoms with E-state index in [4.69, 9.17) is 28.5 Å². The summed E-state index contributed by atoms with van der Waals surface area (Å²) in [6, 6.07) is 10.3. The Hall–Kier alpha value is -4.03. The second kappa shape index (κ2) is 13.2. The summed E-state index contributed by atoms with van der Waals surface area (Å²) in [5.41, 5.74) is 7.49. The molecule has 0 bridgehead atoms. The molecule has 2 aromatic carbocycles. The largest absolute Gasteiger partial charge is 0.444 e. The molecule has 2 aromatic rings. The van der Waals surface area contributed by atoms with Crippen LogP contribution in [0, 0.1) is 33.2 Å². The summed E-state index contributed by atoms with van der Waals surface area (Å²) in [4.78, 5) is 52.8. The number of carbonyl (C=O) groups is 4. The van der Waals surface area contributed by atoms with Gasteiger partial charge in [-0.15, -0.1) is 0 Å². The molecule has 10 heteroatoms. The molecule has 2 unspecified atom stereocenters. The van der Waals surface area contributed by atoms with Crippen LogP contribution >= 0.6 is 11.6 Å². The van der Waals surface area contributed by atoms with Crippen LogP contribution < -0.4 is 16.4 Å². The summed E-state index contributed by atoms with van der Waals surface area (Å²) in [7, 11) is 0. The monoisotopic (exact) mass is 554 g/mol. The average molecular weight is 555 g/mol. The van der Waals surface area contributed by atoms with Gasteiger partial charge in [0, 0.05) is 12.5 Å². The van der Waals surface area contributed by atoms with Gasteiger partial charge in [0.15, 0.2) is 0 Å². The fourth-order valence-corrected chi connectivity index (χ4v) is 4.31. The van der Waals surface area contributed by atoms with E-state index in [1.807, 2.05) is 6.07 Å². The first-order chi connectivity index (χ1) is 18.2. The highest BCUT2D eigenvalue weighted by Gasteiger charge is 2.37. The second-order valence-electron chi connectivity index (χ2n) is 10.2. The molecule has 208 valence electrons. The lowest BCUT2D eigenvalue weighted by molar-refractivity contribution is -0.137. The lowest BCUT2D eigenvalue weighted by atomic mass is 9.93. The number of amides is 4. The lowest BCUT2D eigenvalue weighted by Crippen LogP contribution is -2.51. The zero-order valence-electron chi connectivity index (χ0n) is 23.1. The Morgan fingerprint density at radius 2 is 1.62 bits per heavy atom. The first kappa shape index (κ1) is 31.2. The molecule has 0 fully saturated rings. The highest BCUT2D eigenvalue weighted by atomic mass is 35.5. The van der Waals surface area contributed by atoms with Gasteiger partial charge in [-0.3, -0.25) is 19.3 Å². The van der Waals surface area contributed by atoms with Crippen molar-refractivity contribution in [1.82, 2.24) is 10.2 Å². The van der Waals surface area contributed by atoms with Crippen molar-refractivity contribution in [3.63, 3.8) is 0 Å². The zero-order chi connectivity index (χ0) is 29.5. The minimum absolute atomic E-state index is 0.156. The summed E-state index contributed by atoms with van der Waals surface area (Å²) in [6.07, 6.45) is 4.58. The topological polar surface area (TPSA) is 131 Å². The summed E-state index contributed by atoms with van der Waals surface area (Å²) in [5, 5.41) is 5.61. The van der Waals surface area contributed by atoms with E-state index in [9.17, 15) is 19.2 Å². The molecule has 0 aliphatic carbocycles. The number of halogens is 1. The Labute approximate surface area is 234 Å². The number of para-hydroxylation sites is 1. The van der Waals surface area contributed by atoms with Crippen LogP contribution in [0.25, 0.3) is 0 Å².